The second-order valence-corrected chi connectivity index (χ2v) is 4.87. The Hall–Kier alpha value is -1.29. The van der Waals surface area contributed by atoms with Crippen LogP contribution < -0.4 is 4.90 Å². The molecule has 2 rings (SSSR count). The van der Waals surface area contributed by atoms with E-state index in [1.165, 1.54) is 0 Å². The summed E-state index contributed by atoms with van der Waals surface area (Å²) >= 11 is 6.08. The molecule has 0 radical (unpaired) electrons. The summed E-state index contributed by atoms with van der Waals surface area (Å²) in [6, 6.07) is 3.59. The summed E-state index contributed by atoms with van der Waals surface area (Å²) in [5.74, 6) is -0.0952. The largest absolute Gasteiger partial charge is 0.481 e. The molecule has 0 saturated carbocycles. The van der Waals surface area contributed by atoms with Gasteiger partial charge in [0.1, 0.15) is 5.82 Å². The van der Waals surface area contributed by atoms with E-state index in [2.05, 4.69) is 9.88 Å². The van der Waals surface area contributed by atoms with Crippen LogP contribution in [0.4, 0.5) is 5.82 Å². The smallest absolute Gasteiger partial charge is 0.306 e. The van der Waals surface area contributed by atoms with Crippen molar-refractivity contribution in [3.05, 3.63) is 23.4 Å². The van der Waals surface area contributed by atoms with Crippen molar-refractivity contribution in [2.24, 2.45) is 11.8 Å². The van der Waals surface area contributed by atoms with Crippen LogP contribution in [-0.4, -0.2) is 29.1 Å². The summed E-state index contributed by atoms with van der Waals surface area (Å²) in [5.41, 5.74) is 0. The lowest BCUT2D eigenvalue weighted by Gasteiger charge is -2.35. The van der Waals surface area contributed by atoms with Crippen LogP contribution in [0.2, 0.25) is 5.02 Å². The van der Waals surface area contributed by atoms with Crippen molar-refractivity contribution in [1.29, 1.82) is 0 Å². The number of anilines is 1. The zero-order chi connectivity index (χ0) is 12.4. The highest BCUT2D eigenvalue weighted by atomic mass is 35.5. The highest BCUT2D eigenvalue weighted by Crippen LogP contribution is 2.30. The van der Waals surface area contributed by atoms with Gasteiger partial charge in [-0.3, -0.25) is 4.79 Å². The molecule has 0 amide bonds. The molecule has 1 N–H and O–H groups in total. The maximum Gasteiger partial charge on any atom is 0.306 e. The van der Waals surface area contributed by atoms with Crippen molar-refractivity contribution < 1.29 is 9.90 Å². The summed E-state index contributed by atoms with van der Waals surface area (Å²) in [4.78, 5) is 17.3. The molecule has 1 aliphatic heterocycles. The van der Waals surface area contributed by atoms with Crippen LogP contribution in [0.25, 0.3) is 0 Å². The third kappa shape index (κ3) is 2.52. The van der Waals surface area contributed by atoms with Gasteiger partial charge in [-0.05, 0) is 24.5 Å². The summed E-state index contributed by atoms with van der Waals surface area (Å²) < 4.78 is 0. The number of rotatable bonds is 2. The van der Waals surface area contributed by atoms with Gasteiger partial charge in [-0.15, -0.1) is 0 Å². The van der Waals surface area contributed by atoms with E-state index < -0.39 is 5.97 Å². The first-order chi connectivity index (χ1) is 8.09. The predicted octanol–water partition coefficient (Wildman–Crippen LogP) is 2.28. The lowest BCUT2D eigenvalue weighted by molar-refractivity contribution is -0.144. The lowest BCUT2D eigenvalue weighted by atomic mass is 9.87. The Morgan fingerprint density at radius 1 is 1.65 bits per heavy atom. The number of piperidine rings is 1. The Balaban J connectivity index is 2.12. The molecular weight excluding hydrogens is 240 g/mol. The predicted molar refractivity (Wildman–Crippen MR) is 66.4 cm³/mol. The second kappa shape index (κ2) is 4.92. The van der Waals surface area contributed by atoms with Crippen molar-refractivity contribution in [2.45, 2.75) is 13.3 Å². The first-order valence-electron chi connectivity index (χ1n) is 5.68. The first-order valence-corrected chi connectivity index (χ1v) is 6.05. The van der Waals surface area contributed by atoms with E-state index in [0.717, 1.165) is 5.82 Å². The van der Waals surface area contributed by atoms with E-state index >= 15 is 0 Å². The maximum atomic E-state index is 11.0. The molecule has 1 fully saturated rings. The van der Waals surface area contributed by atoms with Gasteiger partial charge in [-0.2, -0.15) is 0 Å². The normalized spacial score (nSPS) is 24.7. The Bertz CT molecular complexity index is 425. The summed E-state index contributed by atoms with van der Waals surface area (Å²) in [7, 11) is 0. The summed E-state index contributed by atoms with van der Waals surface area (Å²) in [6.45, 7) is 3.34. The van der Waals surface area contributed by atoms with Crippen LogP contribution in [0.15, 0.2) is 18.3 Å². The van der Waals surface area contributed by atoms with Gasteiger partial charge in [-0.25, -0.2) is 4.98 Å². The van der Waals surface area contributed by atoms with Crippen LogP contribution in [0, 0.1) is 11.8 Å². The minimum Gasteiger partial charge on any atom is -0.481 e. The minimum atomic E-state index is -0.704. The van der Waals surface area contributed by atoms with Gasteiger partial charge in [0.2, 0.25) is 0 Å². The van der Waals surface area contributed by atoms with E-state index in [1.54, 1.807) is 18.3 Å². The molecule has 2 heterocycles. The number of pyridine rings is 1. The molecule has 2 atom stereocenters. The number of aromatic nitrogens is 1. The van der Waals surface area contributed by atoms with Gasteiger partial charge in [0.25, 0.3) is 0 Å². The van der Waals surface area contributed by atoms with Gasteiger partial charge in [0.15, 0.2) is 0 Å². The molecular formula is C12H15ClN2O2. The fourth-order valence-electron chi connectivity index (χ4n) is 2.31. The Kier molecular flexibility index (Phi) is 3.52. The van der Waals surface area contributed by atoms with Crippen molar-refractivity contribution in [3.63, 3.8) is 0 Å². The number of carboxylic acid groups (broad SMARTS) is 1. The maximum absolute atomic E-state index is 11.0. The SMILES string of the molecule is CC1CN(c2ncccc2Cl)CCC1C(=O)O. The zero-order valence-electron chi connectivity index (χ0n) is 9.64. The van der Waals surface area contributed by atoms with E-state index in [4.69, 9.17) is 16.7 Å². The minimum absolute atomic E-state index is 0.110. The monoisotopic (exact) mass is 254 g/mol. The number of hydrogen-bond donors (Lipinski definition) is 1. The molecule has 0 aromatic carbocycles. The fraction of sp³-hybridized carbons (Fsp3) is 0.500. The lowest BCUT2D eigenvalue weighted by Crippen LogP contribution is -2.42. The molecule has 0 bridgehead atoms. The number of halogens is 1. The van der Waals surface area contributed by atoms with Crippen molar-refractivity contribution in [1.82, 2.24) is 4.98 Å². The third-order valence-corrected chi connectivity index (χ3v) is 3.56. The van der Waals surface area contributed by atoms with Gasteiger partial charge in [-0.1, -0.05) is 18.5 Å². The average Bonchev–Trinajstić information content (AvgIpc) is 2.29. The number of nitrogens with zero attached hydrogens (tertiary/aromatic N) is 2. The molecule has 1 aromatic rings. The molecule has 5 heteroatoms. The molecule has 0 spiro atoms. The molecule has 4 nitrogen and oxygen atoms in total. The van der Waals surface area contributed by atoms with Gasteiger partial charge in [0, 0.05) is 19.3 Å². The van der Waals surface area contributed by atoms with Crippen molar-refractivity contribution in [3.8, 4) is 0 Å². The fourth-order valence-corrected chi connectivity index (χ4v) is 2.56. The Morgan fingerprint density at radius 3 is 3.00 bits per heavy atom. The molecule has 1 aliphatic rings. The Morgan fingerprint density at radius 2 is 2.41 bits per heavy atom. The van der Waals surface area contributed by atoms with Crippen LogP contribution >= 0.6 is 11.6 Å². The number of aliphatic carboxylic acids is 1. The van der Waals surface area contributed by atoms with E-state index in [9.17, 15) is 4.79 Å². The number of carboxylic acids is 1. The van der Waals surface area contributed by atoms with Gasteiger partial charge >= 0.3 is 5.97 Å². The van der Waals surface area contributed by atoms with E-state index in [-0.39, 0.29) is 11.8 Å². The topological polar surface area (TPSA) is 53.4 Å². The molecule has 2 unspecified atom stereocenters. The quantitative estimate of drug-likeness (QED) is 0.880. The average molecular weight is 255 g/mol. The summed E-state index contributed by atoms with van der Waals surface area (Å²) in [5, 5.41) is 9.68. The van der Waals surface area contributed by atoms with Crippen LogP contribution in [-0.2, 0) is 4.79 Å². The van der Waals surface area contributed by atoms with Gasteiger partial charge in [0.05, 0.1) is 10.9 Å². The molecule has 17 heavy (non-hydrogen) atoms. The Labute approximate surface area is 105 Å². The third-order valence-electron chi connectivity index (χ3n) is 3.26. The second-order valence-electron chi connectivity index (χ2n) is 4.47. The number of hydrogen-bond acceptors (Lipinski definition) is 3. The number of carbonyl (C=O) groups is 1. The van der Waals surface area contributed by atoms with Gasteiger partial charge < -0.3 is 10.0 Å². The molecule has 1 saturated heterocycles. The van der Waals surface area contributed by atoms with Crippen LogP contribution in [0.3, 0.4) is 0 Å². The standard InChI is InChI=1S/C12H15ClN2O2/c1-8-7-15(6-4-9(8)12(16)17)11-10(13)3-2-5-14-11/h2-3,5,8-9H,4,6-7H2,1H3,(H,16,17). The van der Waals surface area contributed by atoms with Crippen LogP contribution in [0.1, 0.15) is 13.3 Å². The summed E-state index contributed by atoms with van der Waals surface area (Å²) in [6.07, 6.45) is 2.35. The van der Waals surface area contributed by atoms with E-state index in [1.807, 2.05) is 6.92 Å². The highest BCUT2D eigenvalue weighted by Gasteiger charge is 2.32. The zero-order valence-corrected chi connectivity index (χ0v) is 10.4. The van der Waals surface area contributed by atoms with Crippen molar-refractivity contribution in [2.75, 3.05) is 18.0 Å². The first kappa shape index (κ1) is 12.2. The molecule has 92 valence electrons. The van der Waals surface area contributed by atoms with Crippen molar-refractivity contribution >= 4 is 23.4 Å². The molecule has 0 aliphatic carbocycles. The highest BCUT2D eigenvalue weighted by molar-refractivity contribution is 6.32. The van der Waals surface area contributed by atoms with E-state index in [0.29, 0.717) is 24.5 Å². The molecule has 1 aromatic heterocycles. The van der Waals surface area contributed by atoms with Crippen LogP contribution in [0.5, 0.6) is 0 Å².